The van der Waals surface area contributed by atoms with Gasteiger partial charge in [-0.25, -0.2) is 4.79 Å². The zero-order chi connectivity index (χ0) is 13.8. The van der Waals surface area contributed by atoms with Gasteiger partial charge in [0.2, 0.25) is 0 Å². The third kappa shape index (κ3) is 3.26. The van der Waals surface area contributed by atoms with Gasteiger partial charge in [0.05, 0.1) is 0 Å². The van der Waals surface area contributed by atoms with E-state index in [0.717, 1.165) is 13.0 Å². The van der Waals surface area contributed by atoms with Gasteiger partial charge in [0.25, 0.3) is 0 Å². The minimum atomic E-state index is -0.945. The fourth-order valence-corrected chi connectivity index (χ4v) is 2.72. The van der Waals surface area contributed by atoms with Crippen molar-refractivity contribution in [1.29, 1.82) is 0 Å². The van der Waals surface area contributed by atoms with E-state index in [4.69, 9.17) is 9.84 Å². The molecule has 2 unspecified atom stereocenters. The van der Waals surface area contributed by atoms with Crippen molar-refractivity contribution >= 4 is 5.97 Å². The van der Waals surface area contributed by atoms with E-state index in [1.54, 1.807) is 24.3 Å². The molecule has 1 aromatic rings. The molecule has 0 bridgehead atoms. The summed E-state index contributed by atoms with van der Waals surface area (Å²) in [6.07, 6.45) is 3.53. The standard InChI is InChI=1S/C15H21NO3/c1-11(13-8-5-6-10-16(13)2)19-14-9-4-3-7-12(14)15(17)18/h3-4,7,9,11,13H,5-6,8,10H2,1-2H3,(H,17,18). The minimum absolute atomic E-state index is 0.00852. The molecular formula is C15H21NO3. The Morgan fingerprint density at radius 2 is 2.16 bits per heavy atom. The highest BCUT2D eigenvalue weighted by Gasteiger charge is 2.26. The first kappa shape index (κ1) is 13.9. The summed E-state index contributed by atoms with van der Waals surface area (Å²) in [7, 11) is 2.10. The number of hydrogen-bond donors (Lipinski definition) is 1. The first-order valence-corrected chi connectivity index (χ1v) is 6.79. The number of ether oxygens (including phenoxy) is 1. The molecule has 19 heavy (non-hydrogen) atoms. The summed E-state index contributed by atoms with van der Waals surface area (Å²) in [4.78, 5) is 13.5. The summed E-state index contributed by atoms with van der Waals surface area (Å²) >= 11 is 0. The number of benzene rings is 1. The second-order valence-corrected chi connectivity index (χ2v) is 5.17. The van der Waals surface area contributed by atoms with E-state index in [0.29, 0.717) is 11.8 Å². The van der Waals surface area contributed by atoms with E-state index >= 15 is 0 Å². The largest absolute Gasteiger partial charge is 0.488 e. The lowest BCUT2D eigenvalue weighted by molar-refractivity contribution is 0.0619. The molecule has 1 saturated heterocycles. The van der Waals surface area contributed by atoms with E-state index < -0.39 is 5.97 Å². The Balaban J connectivity index is 2.10. The molecule has 1 aliphatic rings. The van der Waals surface area contributed by atoms with Crippen molar-refractivity contribution in [2.24, 2.45) is 0 Å². The fraction of sp³-hybridized carbons (Fsp3) is 0.533. The molecule has 0 aliphatic carbocycles. The van der Waals surface area contributed by atoms with Crippen LogP contribution in [0.5, 0.6) is 5.75 Å². The Hall–Kier alpha value is -1.55. The van der Waals surface area contributed by atoms with Crippen molar-refractivity contribution in [3.63, 3.8) is 0 Å². The molecule has 1 heterocycles. The van der Waals surface area contributed by atoms with Crippen molar-refractivity contribution in [3.05, 3.63) is 29.8 Å². The molecule has 0 spiro atoms. The average Bonchev–Trinajstić information content (AvgIpc) is 2.39. The fourth-order valence-electron chi connectivity index (χ4n) is 2.72. The number of carbonyl (C=O) groups is 1. The Labute approximate surface area is 114 Å². The highest BCUT2D eigenvalue weighted by atomic mass is 16.5. The number of likely N-dealkylation sites (N-methyl/N-ethyl adjacent to an activating group) is 1. The number of hydrogen-bond acceptors (Lipinski definition) is 3. The molecule has 0 aromatic heterocycles. The third-order valence-electron chi connectivity index (χ3n) is 3.80. The normalized spacial score (nSPS) is 21.9. The Morgan fingerprint density at radius 3 is 2.84 bits per heavy atom. The van der Waals surface area contributed by atoms with E-state index in [-0.39, 0.29) is 11.7 Å². The maximum atomic E-state index is 11.2. The number of carboxylic acid groups (broad SMARTS) is 1. The zero-order valence-electron chi connectivity index (χ0n) is 11.5. The summed E-state index contributed by atoms with van der Waals surface area (Å²) < 4.78 is 5.89. The zero-order valence-corrected chi connectivity index (χ0v) is 11.5. The third-order valence-corrected chi connectivity index (χ3v) is 3.80. The second-order valence-electron chi connectivity index (χ2n) is 5.17. The van der Waals surface area contributed by atoms with Gasteiger partial charge in [0.15, 0.2) is 0 Å². The molecule has 4 heteroatoms. The molecule has 2 rings (SSSR count). The molecule has 1 N–H and O–H groups in total. The smallest absolute Gasteiger partial charge is 0.339 e. The van der Waals surface area contributed by atoms with Crippen LogP contribution in [-0.4, -0.2) is 41.7 Å². The second kappa shape index (κ2) is 6.06. The molecule has 2 atom stereocenters. The lowest BCUT2D eigenvalue weighted by Crippen LogP contribution is -2.45. The van der Waals surface area contributed by atoms with Crippen LogP contribution < -0.4 is 4.74 Å². The van der Waals surface area contributed by atoms with Gasteiger partial charge in [-0.1, -0.05) is 18.6 Å². The van der Waals surface area contributed by atoms with Gasteiger partial charge in [0, 0.05) is 6.04 Å². The summed E-state index contributed by atoms with van der Waals surface area (Å²) in [5.74, 6) is -0.485. The lowest BCUT2D eigenvalue weighted by atomic mass is 9.99. The first-order valence-electron chi connectivity index (χ1n) is 6.79. The van der Waals surface area contributed by atoms with E-state index in [1.807, 2.05) is 6.92 Å². The topological polar surface area (TPSA) is 49.8 Å². The first-order chi connectivity index (χ1) is 9.09. The van der Waals surface area contributed by atoms with Crippen molar-refractivity contribution in [1.82, 2.24) is 4.90 Å². The van der Waals surface area contributed by atoms with Crippen LogP contribution in [0.1, 0.15) is 36.5 Å². The molecule has 0 radical (unpaired) electrons. The van der Waals surface area contributed by atoms with E-state index in [2.05, 4.69) is 11.9 Å². The van der Waals surface area contributed by atoms with Gasteiger partial charge in [-0.3, -0.25) is 4.90 Å². The molecule has 1 fully saturated rings. The maximum Gasteiger partial charge on any atom is 0.339 e. The monoisotopic (exact) mass is 263 g/mol. The van der Waals surface area contributed by atoms with Crippen LogP contribution in [0.3, 0.4) is 0 Å². The molecule has 1 aromatic carbocycles. The molecule has 0 saturated carbocycles. The van der Waals surface area contributed by atoms with Gasteiger partial charge in [0.1, 0.15) is 17.4 Å². The van der Waals surface area contributed by atoms with Crippen LogP contribution in [-0.2, 0) is 0 Å². The summed E-state index contributed by atoms with van der Waals surface area (Å²) in [6.45, 7) is 3.10. The number of rotatable bonds is 4. The van der Waals surface area contributed by atoms with E-state index in [1.165, 1.54) is 12.8 Å². The summed E-state index contributed by atoms with van der Waals surface area (Å²) in [5.41, 5.74) is 0.229. The predicted octanol–water partition coefficient (Wildman–Crippen LogP) is 2.64. The van der Waals surface area contributed by atoms with Crippen LogP contribution in [0.15, 0.2) is 24.3 Å². The molecule has 4 nitrogen and oxygen atoms in total. The van der Waals surface area contributed by atoms with Crippen molar-refractivity contribution in [2.75, 3.05) is 13.6 Å². The van der Waals surface area contributed by atoms with Gasteiger partial charge in [-0.2, -0.15) is 0 Å². The van der Waals surface area contributed by atoms with E-state index in [9.17, 15) is 4.79 Å². The average molecular weight is 263 g/mol. The Bertz CT molecular complexity index is 447. The number of aromatic carboxylic acids is 1. The Kier molecular flexibility index (Phi) is 4.43. The van der Waals surface area contributed by atoms with Gasteiger partial charge >= 0.3 is 5.97 Å². The molecule has 104 valence electrons. The lowest BCUT2D eigenvalue weighted by Gasteiger charge is -2.36. The summed E-state index contributed by atoms with van der Waals surface area (Å²) in [6, 6.07) is 7.18. The van der Waals surface area contributed by atoms with Crippen LogP contribution in [0.2, 0.25) is 0 Å². The van der Waals surface area contributed by atoms with Crippen LogP contribution in [0.25, 0.3) is 0 Å². The van der Waals surface area contributed by atoms with Gasteiger partial charge in [-0.05, 0) is 45.5 Å². The van der Waals surface area contributed by atoms with Gasteiger partial charge < -0.3 is 9.84 Å². The van der Waals surface area contributed by atoms with Crippen LogP contribution >= 0.6 is 0 Å². The number of piperidine rings is 1. The van der Waals surface area contributed by atoms with Gasteiger partial charge in [-0.15, -0.1) is 0 Å². The number of para-hydroxylation sites is 1. The molecule has 0 amide bonds. The predicted molar refractivity (Wildman–Crippen MR) is 73.8 cm³/mol. The van der Waals surface area contributed by atoms with Crippen molar-refractivity contribution in [2.45, 2.75) is 38.3 Å². The molecular weight excluding hydrogens is 242 g/mol. The number of nitrogens with zero attached hydrogens (tertiary/aromatic N) is 1. The minimum Gasteiger partial charge on any atom is -0.488 e. The molecule has 1 aliphatic heterocycles. The van der Waals surface area contributed by atoms with Crippen LogP contribution in [0, 0.1) is 0 Å². The SMILES string of the molecule is CC(Oc1ccccc1C(=O)O)C1CCCCN1C. The quantitative estimate of drug-likeness (QED) is 0.907. The summed E-state index contributed by atoms with van der Waals surface area (Å²) in [5, 5.41) is 9.15. The number of likely N-dealkylation sites (tertiary alicyclic amines) is 1. The van der Waals surface area contributed by atoms with Crippen molar-refractivity contribution in [3.8, 4) is 5.75 Å². The highest BCUT2D eigenvalue weighted by Crippen LogP contribution is 2.24. The van der Waals surface area contributed by atoms with Crippen molar-refractivity contribution < 1.29 is 14.6 Å². The number of carboxylic acids is 1. The Morgan fingerprint density at radius 1 is 1.42 bits per heavy atom. The van der Waals surface area contributed by atoms with Crippen LogP contribution in [0.4, 0.5) is 0 Å². The highest BCUT2D eigenvalue weighted by molar-refractivity contribution is 5.90. The maximum absolute atomic E-state index is 11.2.